The summed E-state index contributed by atoms with van der Waals surface area (Å²) in [5, 5.41) is 3.19. The molecule has 4 nitrogen and oxygen atoms in total. The first kappa shape index (κ1) is 12.9. The first-order valence-corrected chi connectivity index (χ1v) is 5.63. The standard InChI is InChI=1S/C11H16ClN3O/c1-8(3-2-6-13)11(16)15-9-4-5-10(12)14-7-9/h4-5,7-8H,2-3,6,13H2,1H3,(H,15,16). The average Bonchev–Trinajstić information content (AvgIpc) is 2.29. The highest BCUT2D eigenvalue weighted by Gasteiger charge is 2.12. The van der Waals surface area contributed by atoms with Crippen LogP contribution in [0.3, 0.4) is 0 Å². The van der Waals surface area contributed by atoms with E-state index < -0.39 is 0 Å². The molecule has 0 spiro atoms. The summed E-state index contributed by atoms with van der Waals surface area (Å²) in [6.07, 6.45) is 3.19. The van der Waals surface area contributed by atoms with Gasteiger partial charge in [-0.05, 0) is 31.5 Å². The van der Waals surface area contributed by atoms with Crippen LogP contribution in [0.25, 0.3) is 0 Å². The van der Waals surface area contributed by atoms with E-state index in [2.05, 4.69) is 10.3 Å². The predicted molar refractivity (Wildman–Crippen MR) is 65.3 cm³/mol. The Morgan fingerprint density at radius 2 is 2.38 bits per heavy atom. The summed E-state index contributed by atoms with van der Waals surface area (Å²) in [4.78, 5) is 15.6. The summed E-state index contributed by atoms with van der Waals surface area (Å²) in [5.74, 6) is -0.0585. The minimum atomic E-state index is -0.0424. The number of rotatable bonds is 5. The van der Waals surface area contributed by atoms with Crippen LogP contribution in [-0.4, -0.2) is 17.4 Å². The Morgan fingerprint density at radius 1 is 1.62 bits per heavy atom. The molecule has 0 aromatic carbocycles. The molecule has 16 heavy (non-hydrogen) atoms. The van der Waals surface area contributed by atoms with Crippen molar-refractivity contribution in [2.45, 2.75) is 19.8 Å². The minimum Gasteiger partial charge on any atom is -0.330 e. The predicted octanol–water partition coefficient (Wildman–Crippen LogP) is 2.05. The number of anilines is 1. The molecule has 0 fully saturated rings. The van der Waals surface area contributed by atoms with Crippen LogP contribution >= 0.6 is 11.6 Å². The van der Waals surface area contributed by atoms with Crippen molar-refractivity contribution < 1.29 is 4.79 Å². The van der Waals surface area contributed by atoms with Gasteiger partial charge in [-0.2, -0.15) is 0 Å². The molecule has 1 heterocycles. The topological polar surface area (TPSA) is 68.0 Å². The van der Waals surface area contributed by atoms with Gasteiger partial charge in [0.25, 0.3) is 0 Å². The number of nitrogens with two attached hydrogens (primary N) is 1. The number of carbonyl (C=O) groups excluding carboxylic acids is 1. The maximum absolute atomic E-state index is 11.7. The fourth-order valence-electron chi connectivity index (χ4n) is 1.27. The fraction of sp³-hybridized carbons (Fsp3) is 0.455. The first-order valence-electron chi connectivity index (χ1n) is 5.26. The number of nitrogens with one attached hydrogen (secondary N) is 1. The lowest BCUT2D eigenvalue weighted by Gasteiger charge is -2.11. The van der Waals surface area contributed by atoms with Crippen LogP contribution < -0.4 is 11.1 Å². The first-order chi connectivity index (χ1) is 7.63. The lowest BCUT2D eigenvalue weighted by Crippen LogP contribution is -2.21. The molecule has 0 aliphatic heterocycles. The fourth-order valence-corrected chi connectivity index (χ4v) is 1.38. The smallest absolute Gasteiger partial charge is 0.227 e. The molecular formula is C11H16ClN3O. The molecule has 0 saturated heterocycles. The molecule has 0 bridgehead atoms. The maximum Gasteiger partial charge on any atom is 0.227 e. The molecule has 1 rings (SSSR count). The van der Waals surface area contributed by atoms with Crippen LogP contribution in [0.5, 0.6) is 0 Å². The lowest BCUT2D eigenvalue weighted by atomic mass is 10.0. The van der Waals surface area contributed by atoms with Gasteiger partial charge >= 0.3 is 0 Å². The maximum atomic E-state index is 11.7. The number of carbonyl (C=O) groups is 1. The monoisotopic (exact) mass is 241 g/mol. The van der Waals surface area contributed by atoms with Crippen molar-refractivity contribution in [3.05, 3.63) is 23.5 Å². The summed E-state index contributed by atoms with van der Waals surface area (Å²) >= 11 is 5.64. The molecule has 1 atom stereocenters. The van der Waals surface area contributed by atoms with Gasteiger partial charge in [-0.15, -0.1) is 0 Å². The van der Waals surface area contributed by atoms with E-state index in [0.29, 0.717) is 17.4 Å². The number of pyridine rings is 1. The number of aromatic nitrogens is 1. The van der Waals surface area contributed by atoms with Gasteiger partial charge in [-0.3, -0.25) is 4.79 Å². The van der Waals surface area contributed by atoms with Crippen LogP contribution in [0.15, 0.2) is 18.3 Å². The van der Waals surface area contributed by atoms with Gasteiger partial charge in [0.2, 0.25) is 5.91 Å². The Labute approximate surface area is 100 Å². The van der Waals surface area contributed by atoms with E-state index in [9.17, 15) is 4.79 Å². The second-order valence-corrected chi connectivity index (χ2v) is 4.08. The van der Waals surface area contributed by atoms with Crippen molar-refractivity contribution in [2.75, 3.05) is 11.9 Å². The van der Waals surface area contributed by atoms with Gasteiger partial charge in [0, 0.05) is 5.92 Å². The molecule has 1 amide bonds. The third kappa shape index (κ3) is 4.16. The molecule has 0 radical (unpaired) electrons. The highest BCUT2D eigenvalue weighted by atomic mass is 35.5. The van der Waals surface area contributed by atoms with Gasteiger partial charge in [0.1, 0.15) is 5.15 Å². The second-order valence-electron chi connectivity index (χ2n) is 3.69. The SMILES string of the molecule is CC(CCCN)C(=O)Nc1ccc(Cl)nc1. The summed E-state index contributed by atoms with van der Waals surface area (Å²) < 4.78 is 0. The average molecular weight is 242 g/mol. The Hall–Kier alpha value is -1.13. The second kappa shape index (κ2) is 6.45. The van der Waals surface area contributed by atoms with Gasteiger partial charge < -0.3 is 11.1 Å². The number of hydrogen-bond acceptors (Lipinski definition) is 3. The van der Waals surface area contributed by atoms with Crippen LogP contribution in [0.2, 0.25) is 5.15 Å². The Morgan fingerprint density at radius 3 is 2.94 bits per heavy atom. The van der Waals surface area contributed by atoms with Crippen molar-refractivity contribution in [3.8, 4) is 0 Å². The van der Waals surface area contributed by atoms with E-state index in [0.717, 1.165) is 12.8 Å². The van der Waals surface area contributed by atoms with Crippen LogP contribution in [-0.2, 0) is 4.79 Å². The van der Waals surface area contributed by atoms with Crippen LogP contribution in [0.4, 0.5) is 5.69 Å². The van der Waals surface area contributed by atoms with Crippen molar-refractivity contribution in [1.29, 1.82) is 0 Å². The zero-order valence-electron chi connectivity index (χ0n) is 9.24. The Kier molecular flexibility index (Phi) is 5.22. The van der Waals surface area contributed by atoms with Gasteiger partial charge in [0.05, 0.1) is 11.9 Å². The van der Waals surface area contributed by atoms with Crippen molar-refractivity contribution in [1.82, 2.24) is 4.98 Å². The molecule has 1 aromatic heterocycles. The minimum absolute atomic E-state index is 0.0161. The molecule has 3 N–H and O–H groups in total. The van der Waals surface area contributed by atoms with Gasteiger partial charge in [-0.1, -0.05) is 18.5 Å². The highest BCUT2D eigenvalue weighted by molar-refractivity contribution is 6.29. The van der Waals surface area contributed by atoms with Crippen molar-refractivity contribution >= 4 is 23.2 Å². The van der Waals surface area contributed by atoms with E-state index in [1.807, 2.05) is 6.92 Å². The molecular weight excluding hydrogens is 226 g/mol. The Balaban J connectivity index is 2.47. The van der Waals surface area contributed by atoms with Crippen LogP contribution in [0, 0.1) is 5.92 Å². The molecule has 1 unspecified atom stereocenters. The summed E-state index contributed by atoms with van der Waals surface area (Å²) in [7, 11) is 0. The third-order valence-corrected chi connectivity index (χ3v) is 2.51. The van der Waals surface area contributed by atoms with Crippen molar-refractivity contribution in [2.24, 2.45) is 11.7 Å². The molecule has 1 aromatic rings. The quantitative estimate of drug-likeness (QED) is 0.776. The highest BCUT2D eigenvalue weighted by Crippen LogP contribution is 2.12. The number of halogens is 1. The number of amides is 1. The number of hydrogen-bond donors (Lipinski definition) is 2. The molecule has 0 aliphatic carbocycles. The molecule has 5 heteroatoms. The van der Waals surface area contributed by atoms with E-state index in [1.165, 1.54) is 6.20 Å². The van der Waals surface area contributed by atoms with Crippen LogP contribution in [0.1, 0.15) is 19.8 Å². The third-order valence-electron chi connectivity index (χ3n) is 2.28. The van der Waals surface area contributed by atoms with E-state index in [4.69, 9.17) is 17.3 Å². The van der Waals surface area contributed by atoms with E-state index in [-0.39, 0.29) is 11.8 Å². The summed E-state index contributed by atoms with van der Waals surface area (Å²) in [6, 6.07) is 3.37. The zero-order valence-corrected chi connectivity index (χ0v) is 10.00. The normalized spacial score (nSPS) is 12.2. The largest absolute Gasteiger partial charge is 0.330 e. The zero-order chi connectivity index (χ0) is 12.0. The Bertz CT molecular complexity index is 340. The van der Waals surface area contributed by atoms with Gasteiger partial charge in [-0.25, -0.2) is 4.98 Å². The lowest BCUT2D eigenvalue weighted by molar-refractivity contribution is -0.119. The number of nitrogens with zero attached hydrogens (tertiary/aromatic N) is 1. The molecule has 0 aliphatic rings. The van der Waals surface area contributed by atoms with Crippen molar-refractivity contribution in [3.63, 3.8) is 0 Å². The molecule has 0 saturated carbocycles. The molecule has 88 valence electrons. The van der Waals surface area contributed by atoms with Gasteiger partial charge in [0.15, 0.2) is 0 Å². The van der Waals surface area contributed by atoms with E-state index in [1.54, 1.807) is 12.1 Å². The summed E-state index contributed by atoms with van der Waals surface area (Å²) in [6.45, 7) is 2.49. The van der Waals surface area contributed by atoms with E-state index >= 15 is 0 Å². The summed E-state index contributed by atoms with van der Waals surface area (Å²) in [5.41, 5.74) is 6.05.